The van der Waals surface area contributed by atoms with Gasteiger partial charge in [0.05, 0.1) is 0 Å². The van der Waals surface area contributed by atoms with Crippen LogP contribution < -0.4 is 15.5 Å². The highest BCUT2D eigenvalue weighted by Gasteiger charge is 2.22. The van der Waals surface area contributed by atoms with Crippen LogP contribution in [0.2, 0.25) is 0 Å². The van der Waals surface area contributed by atoms with Gasteiger partial charge in [-0.15, -0.1) is 0 Å². The number of nitrogens with zero attached hydrogens (tertiary/aromatic N) is 3. The van der Waals surface area contributed by atoms with E-state index in [2.05, 4.69) is 36.4 Å². The van der Waals surface area contributed by atoms with Gasteiger partial charge in [-0.1, -0.05) is 0 Å². The molecule has 8 heteroatoms. The predicted octanol–water partition coefficient (Wildman–Crippen LogP) is 3.34. The number of carbonyl (C=O) groups is 2. The third-order valence-electron chi connectivity index (χ3n) is 4.41. The number of urea groups is 1. The van der Waals surface area contributed by atoms with E-state index < -0.39 is 0 Å². The molecule has 0 aliphatic carbocycles. The van der Waals surface area contributed by atoms with E-state index in [1.54, 1.807) is 30.5 Å². The van der Waals surface area contributed by atoms with Gasteiger partial charge in [0, 0.05) is 54.1 Å². The number of amides is 3. The van der Waals surface area contributed by atoms with Crippen molar-refractivity contribution in [2.75, 3.05) is 36.4 Å². The Hall–Kier alpha value is -2.61. The van der Waals surface area contributed by atoms with Gasteiger partial charge in [0.25, 0.3) is 5.91 Å². The van der Waals surface area contributed by atoms with Crippen LogP contribution in [0.4, 0.5) is 16.3 Å². The molecule has 1 aliphatic heterocycles. The lowest BCUT2D eigenvalue weighted by Crippen LogP contribution is -2.49. The van der Waals surface area contributed by atoms with E-state index in [1.165, 1.54) is 0 Å². The maximum absolute atomic E-state index is 12.8. The highest BCUT2D eigenvalue weighted by molar-refractivity contribution is 9.10. The molecule has 1 fully saturated rings. The van der Waals surface area contributed by atoms with Crippen molar-refractivity contribution in [1.82, 2.24) is 15.2 Å². The molecule has 0 bridgehead atoms. The highest BCUT2D eigenvalue weighted by Crippen LogP contribution is 2.18. The van der Waals surface area contributed by atoms with E-state index in [0.717, 1.165) is 23.4 Å². The maximum atomic E-state index is 12.8. The van der Waals surface area contributed by atoms with Gasteiger partial charge in [0.2, 0.25) is 0 Å². The number of pyridine rings is 1. The molecule has 1 saturated heterocycles. The van der Waals surface area contributed by atoms with Gasteiger partial charge in [0.15, 0.2) is 0 Å². The monoisotopic (exact) mass is 445 g/mol. The molecule has 0 spiro atoms. The molecule has 1 aliphatic rings. The standard InChI is InChI=1S/C20H24BrN5O2/c1-14(2)23-20(28)24-17-6-3-15(4-7-17)19(27)26-11-9-25(10-12-26)18-8-5-16(21)13-22-18/h3-8,13-14H,9-12H2,1-2H3,(H2,23,24,28). The molecule has 1 aromatic heterocycles. The third-order valence-corrected chi connectivity index (χ3v) is 4.88. The molecule has 7 nitrogen and oxygen atoms in total. The summed E-state index contributed by atoms with van der Waals surface area (Å²) in [5.41, 5.74) is 1.27. The Labute approximate surface area is 173 Å². The van der Waals surface area contributed by atoms with E-state index in [0.29, 0.717) is 24.3 Å². The summed E-state index contributed by atoms with van der Waals surface area (Å²) in [6.45, 7) is 6.58. The first kappa shape index (κ1) is 20.1. The molecule has 3 rings (SSSR count). The Bertz CT molecular complexity index is 815. The Morgan fingerprint density at radius 2 is 1.71 bits per heavy atom. The molecule has 3 amide bonds. The predicted molar refractivity (Wildman–Crippen MR) is 114 cm³/mol. The minimum absolute atomic E-state index is 0.00148. The van der Waals surface area contributed by atoms with Gasteiger partial charge in [-0.2, -0.15) is 0 Å². The zero-order valence-corrected chi connectivity index (χ0v) is 17.6. The summed E-state index contributed by atoms with van der Waals surface area (Å²) in [7, 11) is 0. The van der Waals surface area contributed by atoms with Gasteiger partial charge >= 0.3 is 6.03 Å². The van der Waals surface area contributed by atoms with Crippen molar-refractivity contribution in [2.45, 2.75) is 19.9 Å². The molecule has 148 valence electrons. The topological polar surface area (TPSA) is 77.6 Å². The van der Waals surface area contributed by atoms with Crippen molar-refractivity contribution in [3.63, 3.8) is 0 Å². The SMILES string of the molecule is CC(C)NC(=O)Nc1ccc(C(=O)N2CCN(c3ccc(Br)cn3)CC2)cc1. The second-order valence-electron chi connectivity index (χ2n) is 6.94. The molecule has 0 atom stereocenters. The maximum Gasteiger partial charge on any atom is 0.319 e. The molecular weight excluding hydrogens is 422 g/mol. The Morgan fingerprint density at radius 3 is 2.29 bits per heavy atom. The smallest absolute Gasteiger partial charge is 0.319 e. The van der Waals surface area contributed by atoms with Gasteiger partial charge in [0.1, 0.15) is 5.82 Å². The first-order chi connectivity index (χ1) is 13.4. The van der Waals surface area contributed by atoms with Crippen molar-refractivity contribution in [3.8, 4) is 0 Å². The minimum atomic E-state index is -0.258. The van der Waals surface area contributed by atoms with Crippen LogP contribution in [-0.4, -0.2) is 54.0 Å². The number of piperazine rings is 1. The summed E-state index contributed by atoms with van der Waals surface area (Å²) in [6.07, 6.45) is 1.78. The number of hydrogen-bond donors (Lipinski definition) is 2. The van der Waals surface area contributed by atoms with Crippen LogP contribution in [-0.2, 0) is 0 Å². The lowest BCUT2D eigenvalue weighted by molar-refractivity contribution is 0.0746. The van der Waals surface area contributed by atoms with E-state index in [-0.39, 0.29) is 18.0 Å². The summed E-state index contributed by atoms with van der Waals surface area (Å²) < 4.78 is 0.949. The zero-order chi connectivity index (χ0) is 20.1. The number of benzene rings is 1. The number of anilines is 2. The number of hydrogen-bond acceptors (Lipinski definition) is 4. The van der Waals surface area contributed by atoms with Gasteiger partial charge in [-0.3, -0.25) is 4.79 Å². The number of rotatable bonds is 4. The molecule has 0 unspecified atom stereocenters. The largest absolute Gasteiger partial charge is 0.353 e. The molecule has 2 N–H and O–H groups in total. The molecule has 28 heavy (non-hydrogen) atoms. The lowest BCUT2D eigenvalue weighted by Gasteiger charge is -2.35. The Balaban J connectivity index is 1.54. The van der Waals surface area contributed by atoms with E-state index >= 15 is 0 Å². The highest BCUT2D eigenvalue weighted by atomic mass is 79.9. The Morgan fingerprint density at radius 1 is 1.04 bits per heavy atom. The average molecular weight is 446 g/mol. The normalized spacial score (nSPS) is 14.1. The van der Waals surface area contributed by atoms with Crippen LogP contribution in [0, 0.1) is 0 Å². The lowest BCUT2D eigenvalue weighted by atomic mass is 10.1. The average Bonchev–Trinajstić information content (AvgIpc) is 2.68. The van der Waals surface area contributed by atoms with Crippen molar-refractivity contribution < 1.29 is 9.59 Å². The molecular formula is C20H24BrN5O2. The summed E-state index contributed by atoms with van der Waals surface area (Å²) in [5, 5.41) is 5.52. The summed E-state index contributed by atoms with van der Waals surface area (Å²) >= 11 is 3.39. The molecule has 2 aromatic rings. The van der Waals surface area contributed by atoms with Crippen LogP contribution in [0.15, 0.2) is 47.1 Å². The van der Waals surface area contributed by atoms with Crippen LogP contribution in [0.25, 0.3) is 0 Å². The number of carbonyl (C=O) groups excluding carboxylic acids is 2. The fraction of sp³-hybridized carbons (Fsp3) is 0.350. The van der Waals surface area contributed by atoms with Gasteiger partial charge < -0.3 is 20.4 Å². The van der Waals surface area contributed by atoms with Gasteiger partial charge in [-0.25, -0.2) is 9.78 Å². The van der Waals surface area contributed by atoms with Crippen molar-refractivity contribution in [1.29, 1.82) is 0 Å². The number of halogens is 1. The van der Waals surface area contributed by atoms with Crippen LogP contribution in [0.1, 0.15) is 24.2 Å². The first-order valence-electron chi connectivity index (χ1n) is 9.26. The second-order valence-corrected chi connectivity index (χ2v) is 7.86. The fourth-order valence-corrected chi connectivity index (χ4v) is 3.24. The summed E-state index contributed by atoms with van der Waals surface area (Å²) in [6, 6.07) is 10.7. The van der Waals surface area contributed by atoms with E-state index in [4.69, 9.17) is 0 Å². The van der Waals surface area contributed by atoms with Crippen LogP contribution in [0.5, 0.6) is 0 Å². The van der Waals surface area contributed by atoms with Crippen molar-refractivity contribution in [3.05, 3.63) is 52.6 Å². The van der Waals surface area contributed by atoms with E-state index in [9.17, 15) is 9.59 Å². The zero-order valence-electron chi connectivity index (χ0n) is 16.0. The quantitative estimate of drug-likeness (QED) is 0.756. The number of aromatic nitrogens is 1. The van der Waals surface area contributed by atoms with Crippen molar-refractivity contribution >= 4 is 39.4 Å². The van der Waals surface area contributed by atoms with Crippen molar-refractivity contribution in [2.24, 2.45) is 0 Å². The fourth-order valence-electron chi connectivity index (χ4n) is 3.00. The molecule has 2 heterocycles. The van der Waals surface area contributed by atoms with Crippen LogP contribution in [0.3, 0.4) is 0 Å². The Kier molecular flexibility index (Phi) is 6.51. The summed E-state index contributed by atoms with van der Waals surface area (Å²) in [4.78, 5) is 32.9. The number of nitrogens with one attached hydrogen (secondary N) is 2. The third kappa shape index (κ3) is 5.22. The first-order valence-corrected chi connectivity index (χ1v) is 10.0. The second kappa shape index (κ2) is 9.05. The molecule has 1 aromatic carbocycles. The van der Waals surface area contributed by atoms with E-state index in [1.807, 2.05) is 30.9 Å². The molecule has 0 saturated carbocycles. The summed E-state index contributed by atoms with van der Waals surface area (Å²) in [5.74, 6) is 0.923. The van der Waals surface area contributed by atoms with Crippen LogP contribution >= 0.6 is 15.9 Å². The molecule has 0 radical (unpaired) electrons. The van der Waals surface area contributed by atoms with Gasteiger partial charge in [-0.05, 0) is 66.2 Å². The minimum Gasteiger partial charge on any atom is -0.353 e.